The SMILES string of the molecule is O=C(CC1CCCCC1)c1cc2c(cc1Sc1ncccn1)[nH]c1ccccc12. The lowest BCUT2D eigenvalue weighted by Gasteiger charge is -2.21. The predicted molar refractivity (Wildman–Crippen MR) is 117 cm³/mol. The van der Waals surface area contributed by atoms with Crippen LogP contribution in [0, 0.1) is 5.92 Å². The van der Waals surface area contributed by atoms with E-state index in [2.05, 4.69) is 39.2 Å². The summed E-state index contributed by atoms with van der Waals surface area (Å²) in [7, 11) is 0. The molecule has 146 valence electrons. The number of H-pyrrole nitrogens is 1. The number of hydrogen-bond acceptors (Lipinski definition) is 4. The first-order valence-electron chi connectivity index (χ1n) is 10.3. The van der Waals surface area contributed by atoms with Gasteiger partial charge in [-0.25, -0.2) is 9.97 Å². The van der Waals surface area contributed by atoms with Gasteiger partial charge in [0, 0.05) is 51.1 Å². The van der Waals surface area contributed by atoms with Crippen molar-refractivity contribution in [3.63, 3.8) is 0 Å². The Balaban J connectivity index is 1.58. The quantitative estimate of drug-likeness (QED) is 0.310. The van der Waals surface area contributed by atoms with Crippen LogP contribution in [0.25, 0.3) is 21.8 Å². The van der Waals surface area contributed by atoms with Crippen LogP contribution in [0.1, 0.15) is 48.9 Å². The average molecular weight is 402 g/mol. The molecule has 0 spiro atoms. The van der Waals surface area contributed by atoms with Gasteiger partial charge in [-0.05, 0) is 41.9 Å². The first-order chi connectivity index (χ1) is 14.3. The van der Waals surface area contributed by atoms with E-state index in [-0.39, 0.29) is 5.78 Å². The molecule has 2 heterocycles. The van der Waals surface area contributed by atoms with E-state index in [1.54, 1.807) is 18.5 Å². The van der Waals surface area contributed by atoms with Gasteiger partial charge in [0.1, 0.15) is 0 Å². The highest BCUT2D eigenvalue weighted by Gasteiger charge is 2.22. The van der Waals surface area contributed by atoms with Crippen molar-refractivity contribution in [2.24, 2.45) is 5.92 Å². The maximum Gasteiger partial charge on any atom is 0.192 e. The summed E-state index contributed by atoms with van der Waals surface area (Å²) >= 11 is 1.47. The van der Waals surface area contributed by atoms with Crippen molar-refractivity contribution < 1.29 is 4.79 Å². The van der Waals surface area contributed by atoms with Gasteiger partial charge in [-0.3, -0.25) is 4.79 Å². The number of para-hydroxylation sites is 1. The lowest BCUT2D eigenvalue weighted by atomic mass is 9.84. The fourth-order valence-electron chi connectivity index (χ4n) is 4.38. The van der Waals surface area contributed by atoms with Gasteiger partial charge in [-0.1, -0.05) is 50.3 Å². The molecule has 1 N–H and O–H groups in total. The summed E-state index contributed by atoms with van der Waals surface area (Å²) in [4.78, 5) is 26.5. The molecule has 2 aromatic heterocycles. The van der Waals surface area contributed by atoms with Crippen LogP contribution >= 0.6 is 11.8 Å². The normalized spacial score (nSPS) is 15.2. The van der Waals surface area contributed by atoms with Gasteiger partial charge >= 0.3 is 0 Å². The van der Waals surface area contributed by atoms with Crippen LogP contribution in [0.5, 0.6) is 0 Å². The van der Waals surface area contributed by atoms with Crippen LogP contribution in [0.15, 0.2) is 64.9 Å². The molecule has 0 aliphatic heterocycles. The average Bonchev–Trinajstić information content (AvgIpc) is 3.12. The molecule has 1 aliphatic rings. The van der Waals surface area contributed by atoms with Gasteiger partial charge in [0.05, 0.1) is 0 Å². The Hall–Kier alpha value is -2.66. The van der Waals surface area contributed by atoms with Crippen LogP contribution in [-0.4, -0.2) is 20.7 Å². The molecule has 4 nitrogen and oxygen atoms in total. The zero-order valence-electron chi connectivity index (χ0n) is 16.2. The van der Waals surface area contributed by atoms with Crippen LogP contribution in [0.2, 0.25) is 0 Å². The molecule has 1 fully saturated rings. The molecule has 2 aromatic carbocycles. The zero-order valence-corrected chi connectivity index (χ0v) is 17.0. The first kappa shape index (κ1) is 18.4. The smallest absolute Gasteiger partial charge is 0.192 e. The molecule has 0 saturated heterocycles. The van der Waals surface area contributed by atoms with E-state index < -0.39 is 0 Å². The number of ketones is 1. The van der Waals surface area contributed by atoms with Crippen molar-refractivity contribution in [3.8, 4) is 0 Å². The largest absolute Gasteiger partial charge is 0.354 e. The molecule has 4 aromatic rings. The number of nitrogens with zero attached hydrogens (tertiary/aromatic N) is 2. The van der Waals surface area contributed by atoms with E-state index in [1.807, 2.05) is 12.1 Å². The van der Waals surface area contributed by atoms with Crippen LogP contribution in [0.3, 0.4) is 0 Å². The molecule has 0 radical (unpaired) electrons. The lowest BCUT2D eigenvalue weighted by molar-refractivity contribution is 0.0947. The van der Waals surface area contributed by atoms with Gasteiger partial charge in [0.2, 0.25) is 0 Å². The van der Waals surface area contributed by atoms with Crippen LogP contribution < -0.4 is 0 Å². The van der Waals surface area contributed by atoms with E-state index in [0.29, 0.717) is 17.5 Å². The summed E-state index contributed by atoms with van der Waals surface area (Å²) in [5.74, 6) is 0.753. The van der Waals surface area contributed by atoms with E-state index >= 15 is 0 Å². The van der Waals surface area contributed by atoms with Crippen molar-refractivity contribution in [2.45, 2.75) is 48.6 Å². The van der Waals surface area contributed by atoms with E-state index in [9.17, 15) is 4.79 Å². The van der Waals surface area contributed by atoms with Gasteiger partial charge in [0.15, 0.2) is 10.9 Å². The molecule has 5 heteroatoms. The topological polar surface area (TPSA) is 58.6 Å². The highest BCUT2D eigenvalue weighted by Crippen LogP contribution is 2.36. The molecule has 0 amide bonds. The van der Waals surface area contributed by atoms with Gasteiger partial charge in [-0.2, -0.15) is 0 Å². The summed E-state index contributed by atoms with van der Waals surface area (Å²) in [6.45, 7) is 0. The van der Waals surface area contributed by atoms with Crippen LogP contribution in [0.4, 0.5) is 0 Å². The second kappa shape index (κ2) is 7.99. The van der Waals surface area contributed by atoms with E-state index in [1.165, 1.54) is 43.9 Å². The number of benzene rings is 2. The maximum atomic E-state index is 13.4. The number of aromatic amines is 1. The van der Waals surface area contributed by atoms with Crippen molar-refractivity contribution in [2.75, 3.05) is 0 Å². The third-order valence-corrected chi connectivity index (χ3v) is 6.80. The molecular weight excluding hydrogens is 378 g/mol. The van der Waals surface area contributed by atoms with Gasteiger partial charge < -0.3 is 4.98 Å². The maximum absolute atomic E-state index is 13.4. The Morgan fingerprint density at radius 3 is 2.59 bits per heavy atom. The molecule has 1 aliphatic carbocycles. The van der Waals surface area contributed by atoms with Crippen molar-refractivity contribution in [1.29, 1.82) is 0 Å². The molecule has 1 saturated carbocycles. The Labute approximate surface area is 174 Å². The molecule has 29 heavy (non-hydrogen) atoms. The predicted octanol–water partition coefficient (Wildman–Crippen LogP) is 6.42. The second-order valence-corrected chi connectivity index (χ2v) is 8.84. The third-order valence-electron chi connectivity index (χ3n) is 5.85. The van der Waals surface area contributed by atoms with Crippen LogP contribution in [-0.2, 0) is 0 Å². The Morgan fingerprint density at radius 1 is 0.966 bits per heavy atom. The van der Waals surface area contributed by atoms with E-state index in [0.717, 1.165) is 32.3 Å². The van der Waals surface area contributed by atoms with Crippen molar-refractivity contribution in [3.05, 3.63) is 60.4 Å². The number of hydrogen-bond donors (Lipinski definition) is 1. The molecule has 5 rings (SSSR count). The van der Waals surface area contributed by atoms with E-state index in [4.69, 9.17) is 0 Å². The molecule has 0 bridgehead atoms. The number of carbonyl (C=O) groups is 1. The number of nitrogens with one attached hydrogen (secondary N) is 1. The summed E-state index contributed by atoms with van der Waals surface area (Å²) in [6, 6.07) is 14.2. The van der Waals surface area contributed by atoms with Crippen molar-refractivity contribution in [1.82, 2.24) is 15.0 Å². The minimum atomic E-state index is 0.238. The Kier molecular flexibility index (Phi) is 5.06. The van der Waals surface area contributed by atoms with Gasteiger partial charge in [0.25, 0.3) is 0 Å². The molecule has 0 atom stereocenters. The van der Waals surface area contributed by atoms with Gasteiger partial charge in [-0.15, -0.1) is 0 Å². The highest BCUT2D eigenvalue weighted by atomic mass is 32.2. The summed E-state index contributed by atoms with van der Waals surface area (Å²) in [5, 5.41) is 2.92. The minimum Gasteiger partial charge on any atom is -0.354 e. The Bertz CT molecular complexity index is 1160. The fraction of sp³-hybridized carbons (Fsp3) is 0.292. The highest BCUT2D eigenvalue weighted by molar-refractivity contribution is 7.99. The standard InChI is InChI=1S/C24H23N3OS/c28-22(13-16-7-2-1-3-8-16)19-14-18-17-9-4-5-10-20(17)27-21(18)15-23(19)29-24-25-11-6-12-26-24/h4-6,9-12,14-16,27H,1-3,7-8,13H2. The molecule has 0 unspecified atom stereocenters. The number of aromatic nitrogens is 3. The summed E-state index contributed by atoms with van der Waals surface area (Å²) in [5.41, 5.74) is 2.93. The monoisotopic (exact) mass is 401 g/mol. The zero-order chi connectivity index (χ0) is 19.6. The number of fused-ring (bicyclic) bond motifs is 3. The second-order valence-electron chi connectivity index (χ2n) is 7.83. The lowest BCUT2D eigenvalue weighted by Crippen LogP contribution is -2.13. The van der Waals surface area contributed by atoms with Crippen molar-refractivity contribution >= 4 is 39.4 Å². The number of rotatable bonds is 5. The first-order valence-corrected chi connectivity index (χ1v) is 11.1. The summed E-state index contributed by atoms with van der Waals surface area (Å²) in [6.07, 6.45) is 10.3. The Morgan fingerprint density at radius 2 is 1.76 bits per heavy atom. The summed E-state index contributed by atoms with van der Waals surface area (Å²) < 4.78 is 0. The number of Topliss-reactive ketones (excluding diaryl/α,β-unsaturated/α-hetero) is 1. The number of carbonyl (C=O) groups excluding carboxylic acids is 1. The molecular formula is C24H23N3OS. The fourth-order valence-corrected chi connectivity index (χ4v) is 5.26. The third kappa shape index (κ3) is 3.79. The minimum absolute atomic E-state index is 0.238.